The monoisotopic (exact) mass is 383 g/mol. The van der Waals surface area contributed by atoms with Crippen LogP contribution < -0.4 is 5.32 Å². The van der Waals surface area contributed by atoms with Crippen molar-refractivity contribution in [1.82, 2.24) is 4.31 Å². The van der Waals surface area contributed by atoms with Crippen LogP contribution in [0.25, 0.3) is 0 Å². The highest BCUT2D eigenvalue weighted by molar-refractivity contribution is 7.91. The van der Waals surface area contributed by atoms with Crippen LogP contribution in [-0.4, -0.2) is 37.1 Å². The largest absolute Gasteiger partial charge is 0.326 e. The molecule has 0 bridgehead atoms. The Balaban J connectivity index is 1.84. The molecule has 1 amide bonds. The van der Waals surface area contributed by atoms with E-state index in [2.05, 4.69) is 5.32 Å². The zero-order chi connectivity index (χ0) is 18.4. The Kier molecular flexibility index (Phi) is 6.23. The van der Waals surface area contributed by atoms with E-state index in [-0.39, 0.29) is 28.8 Å². The second kappa shape index (κ2) is 8.19. The number of thiophene rings is 1. The number of nitro groups is 1. The van der Waals surface area contributed by atoms with Crippen LogP contribution in [0, 0.1) is 10.1 Å². The van der Waals surface area contributed by atoms with Gasteiger partial charge < -0.3 is 5.32 Å². The van der Waals surface area contributed by atoms with Gasteiger partial charge in [0.15, 0.2) is 0 Å². The molecule has 10 heteroatoms. The number of non-ortho nitro benzene ring substituents is 1. The Bertz CT molecular complexity index is 850. The summed E-state index contributed by atoms with van der Waals surface area (Å²) < 4.78 is 25.9. The van der Waals surface area contributed by atoms with Gasteiger partial charge in [-0.3, -0.25) is 14.9 Å². The van der Waals surface area contributed by atoms with Crippen molar-refractivity contribution in [3.8, 4) is 0 Å². The SMILES string of the molecule is CN(CCCC(=O)Nc1cccc([N+](=O)[O-])c1)S(=O)(=O)c1cccs1. The van der Waals surface area contributed by atoms with Gasteiger partial charge in [-0.15, -0.1) is 11.3 Å². The summed E-state index contributed by atoms with van der Waals surface area (Å²) >= 11 is 1.14. The van der Waals surface area contributed by atoms with E-state index in [9.17, 15) is 23.3 Å². The van der Waals surface area contributed by atoms with Gasteiger partial charge in [-0.2, -0.15) is 0 Å². The van der Waals surface area contributed by atoms with Crippen molar-refractivity contribution < 1.29 is 18.1 Å². The highest BCUT2D eigenvalue weighted by Gasteiger charge is 2.21. The molecule has 0 aliphatic heterocycles. The summed E-state index contributed by atoms with van der Waals surface area (Å²) in [7, 11) is -2.06. The molecular formula is C15H17N3O5S2. The van der Waals surface area contributed by atoms with Crippen molar-refractivity contribution >= 4 is 38.6 Å². The summed E-state index contributed by atoms with van der Waals surface area (Å²) in [5, 5.41) is 15.0. The van der Waals surface area contributed by atoms with Gasteiger partial charge in [0.1, 0.15) is 4.21 Å². The van der Waals surface area contributed by atoms with E-state index in [1.54, 1.807) is 17.5 Å². The number of nitrogens with one attached hydrogen (secondary N) is 1. The molecule has 0 unspecified atom stereocenters. The molecule has 1 heterocycles. The van der Waals surface area contributed by atoms with E-state index < -0.39 is 14.9 Å². The van der Waals surface area contributed by atoms with Gasteiger partial charge in [0.25, 0.3) is 15.7 Å². The first-order chi connectivity index (χ1) is 11.8. The molecule has 1 aromatic carbocycles. The van der Waals surface area contributed by atoms with E-state index in [0.717, 1.165) is 11.3 Å². The summed E-state index contributed by atoms with van der Waals surface area (Å²) in [6, 6.07) is 8.84. The lowest BCUT2D eigenvalue weighted by Crippen LogP contribution is -2.28. The average Bonchev–Trinajstić information content (AvgIpc) is 3.10. The smallest absolute Gasteiger partial charge is 0.271 e. The normalized spacial score (nSPS) is 11.4. The highest BCUT2D eigenvalue weighted by atomic mass is 32.2. The van der Waals surface area contributed by atoms with Gasteiger partial charge in [-0.1, -0.05) is 12.1 Å². The molecule has 1 aromatic heterocycles. The van der Waals surface area contributed by atoms with E-state index in [1.165, 1.54) is 35.6 Å². The molecule has 0 radical (unpaired) electrons. The standard InChI is InChI=1S/C15H17N3O5S2/c1-17(25(22,23)15-8-4-10-24-15)9-3-7-14(19)16-12-5-2-6-13(11-12)18(20)21/h2,4-6,8,10-11H,3,7,9H2,1H3,(H,16,19). The number of hydrogen-bond acceptors (Lipinski definition) is 6. The fourth-order valence-corrected chi connectivity index (χ4v) is 4.48. The summed E-state index contributed by atoms with van der Waals surface area (Å²) in [6.45, 7) is 0.197. The van der Waals surface area contributed by atoms with Gasteiger partial charge >= 0.3 is 0 Å². The van der Waals surface area contributed by atoms with Crippen molar-refractivity contribution in [2.75, 3.05) is 18.9 Å². The van der Waals surface area contributed by atoms with Crippen LogP contribution in [0.2, 0.25) is 0 Å². The Morgan fingerprint density at radius 2 is 2.08 bits per heavy atom. The second-order valence-electron chi connectivity index (χ2n) is 5.22. The van der Waals surface area contributed by atoms with Crippen LogP contribution in [-0.2, 0) is 14.8 Å². The van der Waals surface area contributed by atoms with Crippen molar-refractivity contribution in [1.29, 1.82) is 0 Å². The molecule has 1 N–H and O–H groups in total. The first-order valence-electron chi connectivity index (χ1n) is 7.35. The first kappa shape index (κ1) is 19.0. The number of carbonyl (C=O) groups excluding carboxylic acids is 1. The van der Waals surface area contributed by atoms with E-state index in [0.29, 0.717) is 12.1 Å². The minimum Gasteiger partial charge on any atom is -0.326 e. The number of hydrogen-bond donors (Lipinski definition) is 1. The molecule has 0 aliphatic rings. The number of nitrogens with zero attached hydrogens (tertiary/aromatic N) is 2. The third-order valence-corrected chi connectivity index (χ3v) is 6.61. The predicted molar refractivity (Wildman–Crippen MR) is 95.1 cm³/mol. The number of rotatable bonds is 8. The van der Waals surface area contributed by atoms with Gasteiger partial charge in [-0.25, -0.2) is 12.7 Å². The lowest BCUT2D eigenvalue weighted by molar-refractivity contribution is -0.384. The second-order valence-corrected chi connectivity index (χ2v) is 8.44. The fourth-order valence-electron chi connectivity index (χ4n) is 2.07. The summed E-state index contributed by atoms with van der Waals surface area (Å²) in [5.74, 6) is -0.331. The maximum absolute atomic E-state index is 12.2. The molecule has 0 spiro atoms. The van der Waals surface area contributed by atoms with Crippen LogP contribution in [0.1, 0.15) is 12.8 Å². The lowest BCUT2D eigenvalue weighted by Gasteiger charge is -2.15. The molecule has 0 saturated carbocycles. The quantitative estimate of drug-likeness (QED) is 0.557. The number of carbonyl (C=O) groups is 1. The first-order valence-corrected chi connectivity index (χ1v) is 9.67. The number of anilines is 1. The lowest BCUT2D eigenvalue weighted by atomic mass is 10.2. The topological polar surface area (TPSA) is 110 Å². The molecular weight excluding hydrogens is 366 g/mol. The van der Waals surface area contributed by atoms with Gasteiger partial charge in [0, 0.05) is 37.8 Å². The van der Waals surface area contributed by atoms with Crippen molar-refractivity contribution in [3.63, 3.8) is 0 Å². The number of amides is 1. The Morgan fingerprint density at radius 3 is 2.72 bits per heavy atom. The molecule has 25 heavy (non-hydrogen) atoms. The summed E-state index contributed by atoms with van der Waals surface area (Å²) in [5.41, 5.74) is 0.221. The third-order valence-electron chi connectivity index (χ3n) is 3.38. The van der Waals surface area contributed by atoms with E-state index in [1.807, 2.05) is 0 Å². The predicted octanol–water partition coefficient (Wildman–Crippen LogP) is 2.70. The van der Waals surface area contributed by atoms with Crippen molar-refractivity contribution in [3.05, 3.63) is 51.9 Å². The Hall–Kier alpha value is -2.30. The Morgan fingerprint density at radius 1 is 1.32 bits per heavy atom. The van der Waals surface area contributed by atoms with Gasteiger partial charge in [0.05, 0.1) is 4.92 Å². The van der Waals surface area contributed by atoms with Crippen LogP contribution in [0.4, 0.5) is 11.4 Å². The molecule has 0 saturated heterocycles. The molecule has 134 valence electrons. The number of sulfonamides is 1. The molecule has 0 fully saturated rings. The van der Waals surface area contributed by atoms with Crippen LogP contribution in [0.3, 0.4) is 0 Å². The molecule has 2 aromatic rings. The van der Waals surface area contributed by atoms with Gasteiger partial charge in [0.2, 0.25) is 5.91 Å². The van der Waals surface area contributed by atoms with Gasteiger partial charge in [-0.05, 0) is 23.9 Å². The van der Waals surface area contributed by atoms with E-state index >= 15 is 0 Å². The van der Waals surface area contributed by atoms with Crippen LogP contribution >= 0.6 is 11.3 Å². The molecule has 2 rings (SSSR count). The van der Waals surface area contributed by atoms with Crippen LogP contribution in [0.5, 0.6) is 0 Å². The maximum atomic E-state index is 12.2. The minimum atomic E-state index is -3.52. The highest BCUT2D eigenvalue weighted by Crippen LogP contribution is 2.20. The average molecular weight is 383 g/mol. The molecule has 0 aliphatic carbocycles. The zero-order valence-electron chi connectivity index (χ0n) is 13.4. The minimum absolute atomic E-state index is 0.104. The van der Waals surface area contributed by atoms with Crippen LogP contribution in [0.15, 0.2) is 46.0 Å². The van der Waals surface area contributed by atoms with Crippen molar-refractivity contribution in [2.24, 2.45) is 0 Å². The molecule has 8 nitrogen and oxygen atoms in total. The van der Waals surface area contributed by atoms with Crippen molar-refractivity contribution in [2.45, 2.75) is 17.1 Å². The van der Waals surface area contributed by atoms with E-state index in [4.69, 9.17) is 0 Å². The maximum Gasteiger partial charge on any atom is 0.271 e. The summed E-state index contributed by atoms with van der Waals surface area (Å²) in [4.78, 5) is 22.1. The number of benzene rings is 1. The Labute approximate surface area is 149 Å². The third kappa shape index (κ3) is 5.08. The summed E-state index contributed by atoms with van der Waals surface area (Å²) in [6.07, 6.45) is 0.439. The zero-order valence-corrected chi connectivity index (χ0v) is 15.0. The number of nitro benzene ring substituents is 1. The molecule has 0 atom stereocenters. The fraction of sp³-hybridized carbons (Fsp3) is 0.267.